The average Bonchev–Trinajstić information content (AvgIpc) is 2.28. The van der Waals surface area contributed by atoms with E-state index >= 15 is 0 Å². The van der Waals surface area contributed by atoms with Gasteiger partial charge in [-0.25, -0.2) is 0 Å². The molecule has 5 heteroatoms. The van der Waals surface area contributed by atoms with Crippen LogP contribution in [0.5, 0.6) is 5.75 Å². The van der Waals surface area contributed by atoms with Gasteiger partial charge in [-0.05, 0) is 18.1 Å². The number of nitrogens with two attached hydrogens (primary N) is 1. The summed E-state index contributed by atoms with van der Waals surface area (Å²) in [6.45, 7) is 3.83. The second kappa shape index (κ2) is 7.14. The predicted molar refractivity (Wildman–Crippen MR) is 71.7 cm³/mol. The Hall–Kier alpha value is -1.26. The number of ether oxygens (including phenoxy) is 1. The Kier molecular flexibility index (Phi) is 6.61. The Morgan fingerprint density at radius 2 is 2.06 bits per heavy atom. The van der Waals surface area contributed by atoms with Gasteiger partial charge in [0.1, 0.15) is 5.75 Å². The van der Waals surface area contributed by atoms with Crippen LogP contribution < -0.4 is 15.8 Å². The first-order valence-corrected chi connectivity index (χ1v) is 5.25. The molecule has 0 saturated heterocycles. The van der Waals surface area contributed by atoms with E-state index in [1.807, 2.05) is 26.0 Å². The summed E-state index contributed by atoms with van der Waals surface area (Å²) in [6, 6.07) is 6.69. The molecule has 1 aromatic rings. The molecule has 0 bridgehead atoms. The largest absolute Gasteiger partial charge is 0.497 e. The van der Waals surface area contributed by atoms with E-state index in [2.05, 4.69) is 5.32 Å². The summed E-state index contributed by atoms with van der Waals surface area (Å²) in [7, 11) is 1.58. The molecule has 1 aromatic carbocycles. The molecule has 0 aliphatic carbocycles. The summed E-state index contributed by atoms with van der Waals surface area (Å²) in [5, 5.41) is 2.75. The van der Waals surface area contributed by atoms with E-state index in [4.69, 9.17) is 10.5 Å². The number of amides is 1. The molecule has 0 aliphatic heterocycles. The molecule has 0 spiro atoms. The lowest BCUT2D eigenvalue weighted by Crippen LogP contribution is -2.39. The maximum absolute atomic E-state index is 11.7. The molecular weight excluding hydrogens is 240 g/mol. The smallest absolute Gasteiger partial charge is 0.241 e. The fourth-order valence-corrected chi connectivity index (χ4v) is 1.23. The van der Waals surface area contributed by atoms with Gasteiger partial charge in [0.2, 0.25) is 5.91 Å². The van der Waals surface area contributed by atoms with Crippen LogP contribution in [0, 0.1) is 5.92 Å². The molecule has 1 amide bonds. The quantitative estimate of drug-likeness (QED) is 0.869. The summed E-state index contributed by atoms with van der Waals surface area (Å²) in [5.41, 5.74) is 6.43. The number of anilines is 1. The Morgan fingerprint density at radius 3 is 2.59 bits per heavy atom. The minimum atomic E-state index is -0.494. The molecule has 3 N–H and O–H groups in total. The number of hydrogen-bond donors (Lipinski definition) is 2. The van der Waals surface area contributed by atoms with Gasteiger partial charge in [0.15, 0.2) is 0 Å². The fourth-order valence-electron chi connectivity index (χ4n) is 1.23. The standard InChI is InChI=1S/C12H18N2O2.ClH/c1-8(2)11(13)12(15)14-9-5-4-6-10(7-9)16-3;/h4-8,11H,13H2,1-3H3,(H,14,15);1H/t11-;/m1./s1. The van der Waals surface area contributed by atoms with E-state index in [1.165, 1.54) is 0 Å². The van der Waals surface area contributed by atoms with E-state index in [0.29, 0.717) is 11.4 Å². The van der Waals surface area contributed by atoms with Crippen LogP contribution in [0.4, 0.5) is 5.69 Å². The highest BCUT2D eigenvalue weighted by molar-refractivity contribution is 5.94. The summed E-state index contributed by atoms with van der Waals surface area (Å²) < 4.78 is 5.06. The maximum Gasteiger partial charge on any atom is 0.241 e. The van der Waals surface area contributed by atoms with Crippen molar-refractivity contribution in [3.05, 3.63) is 24.3 Å². The Morgan fingerprint density at radius 1 is 1.41 bits per heavy atom. The summed E-state index contributed by atoms with van der Waals surface area (Å²) in [4.78, 5) is 11.7. The summed E-state index contributed by atoms with van der Waals surface area (Å²) >= 11 is 0. The number of nitrogens with one attached hydrogen (secondary N) is 1. The summed E-state index contributed by atoms with van der Waals surface area (Å²) in [5.74, 6) is 0.643. The van der Waals surface area contributed by atoms with Gasteiger partial charge in [0, 0.05) is 11.8 Å². The van der Waals surface area contributed by atoms with Gasteiger partial charge >= 0.3 is 0 Å². The van der Waals surface area contributed by atoms with Gasteiger partial charge in [0.05, 0.1) is 13.2 Å². The van der Waals surface area contributed by atoms with Gasteiger partial charge < -0.3 is 15.8 Å². The number of rotatable bonds is 4. The fraction of sp³-hybridized carbons (Fsp3) is 0.417. The molecule has 0 unspecified atom stereocenters. The number of methoxy groups -OCH3 is 1. The Labute approximate surface area is 108 Å². The Bertz CT molecular complexity index is 369. The molecule has 0 aromatic heterocycles. The van der Waals surface area contributed by atoms with Crippen molar-refractivity contribution in [3.8, 4) is 5.75 Å². The first-order chi connectivity index (χ1) is 7.54. The van der Waals surface area contributed by atoms with Crippen molar-refractivity contribution in [2.45, 2.75) is 19.9 Å². The molecule has 0 heterocycles. The van der Waals surface area contributed by atoms with E-state index in [1.54, 1.807) is 19.2 Å². The van der Waals surface area contributed by atoms with Gasteiger partial charge in [-0.15, -0.1) is 12.4 Å². The first-order valence-electron chi connectivity index (χ1n) is 5.25. The number of halogens is 1. The topological polar surface area (TPSA) is 64.3 Å². The van der Waals surface area contributed by atoms with Crippen LogP contribution in [0.3, 0.4) is 0 Å². The van der Waals surface area contributed by atoms with Crippen molar-refractivity contribution in [3.63, 3.8) is 0 Å². The lowest BCUT2D eigenvalue weighted by Gasteiger charge is -2.15. The minimum absolute atomic E-state index is 0. The van der Waals surface area contributed by atoms with Gasteiger partial charge in [-0.1, -0.05) is 19.9 Å². The number of carbonyl (C=O) groups is 1. The van der Waals surface area contributed by atoms with E-state index < -0.39 is 6.04 Å². The second-order valence-electron chi connectivity index (χ2n) is 3.99. The Balaban J connectivity index is 0.00000256. The normalized spacial score (nSPS) is 11.6. The lowest BCUT2D eigenvalue weighted by molar-refractivity contribution is -0.118. The maximum atomic E-state index is 11.7. The van der Waals surface area contributed by atoms with Gasteiger partial charge in [-0.2, -0.15) is 0 Å². The van der Waals surface area contributed by atoms with Crippen LogP contribution in [0.2, 0.25) is 0 Å². The zero-order chi connectivity index (χ0) is 12.1. The molecule has 17 heavy (non-hydrogen) atoms. The van der Waals surface area contributed by atoms with E-state index in [0.717, 1.165) is 0 Å². The second-order valence-corrected chi connectivity index (χ2v) is 3.99. The monoisotopic (exact) mass is 258 g/mol. The average molecular weight is 259 g/mol. The third-order valence-corrected chi connectivity index (χ3v) is 2.36. The number of hydrogen-bond acceptors (Lipinski definition) is 3. The number of carbonyl (C=O) groups excluding carboxylic acids is 1. The molecule has 0 radical (unpaired) electrons. The van der Waals surface area contributed by atoms with Crippen molar-refractivity contribution in [2.24, 2.45) is 11.7 Å². The van der Waals surface area contributed by atoms with E-state index in [-0.39, 0.29) is 24.2 Å². The third kappa shape index (κ3) is 4.63. The van der Waals surface area contributed by atoms with Crippen molar-refractivity contribution < 1.29 is 9.53 Å². The first kappa shape index (κ1) is 15.7. The zero-order valence-electron chi connectivity index (χ0n) is 10.3. The number of benzene rings is 1. The lowest BCUT2D eigenvalue weighted by atomic mass is 10.0. The van der Waals surface area contributed by atoms with Crippen LogP contribution in [0.1, 0.15) is 13.8 Å². The molecular formula is C12H19ClN2O2. The zero-order valence-corrected chi connectivity index (χ0v) is 11.1. The van der Waals surface area contributed by atoms with Crippen molar-refractivity contribution >= 4 is 24.0 Å². The van der Waals surface area contributed by atoms with Crippen LogP contribution >= 0.6 is 12.4 Å². The molecule has 1 atom stereocenters. The molecule has 96 valence electrons. The minimum Gasteiger partial charge on any atom is -0.497 e. The highest BCUT2D eigenvalue weighted by Gasteiger charge is 2.17. The highest BCUT2D eigenvalue weighted by Crippen LogP contribution is 2.17. The van der Waals surface area contributed by atoms with E-state index in [9.17, 15) is 4.79 Å². The third-order valence-electron chi connectivity index (χ3n) is 2.36. The van der Waals surface area contributed by atoms with Crippen LogP contribution in [-0.4, -0.2) is 19.1 Å². The predicted octanol–water partition coefficient (Wildman–Crippen LogP) is 2.04. The van der Waals surface area contributed by atoms with Gasteiger partial charge in [-0.3, -0.25) is 4.79 Å². The SMILES string of the molecule is COc1cccc(NC(=O)[C@H](N)C(C)C)c1.Cl. The van der Waals surface area contributed by atoms with Crippen molar-refractivity contribution in [1.29, 1.82) is 0 Å². The van der Waals surface area contributed by atoms with Gasteiger partial charge in [0.25, 0.3) is 0 Å². The molecule has 0 fully saturated rings. The van der Waals surface area contributed by atoms with Crippen molar-refractivity contribution in [1.82, 2.24) is 0 Å². The molecule has 4 nitrogen and oxygen atoms in total. The van der Waals surface area contributed by atoms with Crippen LogP contribution in [0.15, 0.2) is 24.3 Å². The molecule has 1 rings (SSSR count). The van der Waals surface area contributed by atoms with Crippen molar-refractivity contribution in [2.75, 3.05) is 12.4 Å². The highest BCUT2D eigenvalue weighted by atomic mass is 35.5. The summed E-state index contributed by atoms with van der Waals surface area (Å²) in [6.07, 6.45) is 0. The molecule has 0 saturated carbocycles. The van der Waals surface area contributed by atoms with Crippen LogP contribution in [-0.2, 0) is 4.79 Å². The molecule has 0 aliphatic rings. The van der Waals surface area contributed by atoms with Crippen LogP contribution in [0.25, 0.3) is 0 Å².